The topological polar surface area (TPSA) is 44.0 Å². The van der Waals surface area contributed by atoms with Gasteiger partial charge in [0.05, 0.1) is 11.9 Å². The van der Waals surface area contributed by atoms with Crippen LogP contribution in [0.4, 0.5) is 4.39 Å². The minimum atomic E-state index is -0.208. The molecule has 1 unspecified atom stereocenters. The second-order valence-corrected chi connectivity index (χ2v) is 6.30. The third-order valence-corrected chi connectivity index (χ3v) is 4.31. The van der Waals surface area contributed by atoms with Gasteiger partial charge < -0.3 is 10.2 Å². The zero-order valence-corrected chi connectivity index (χ0v) is 14.5. The maximum Gasteiger partial charge on any atom is 0.123 e. The highest BCUT2D eigenvalue weighted by Crippen LogP contribution is 2.21. The molecule has 5 heteroatoms. The van der Waals surface area contributed by atoms with Gasteiger partial charge in [0.15, 0.2) is 0 Å². The van der Waals surface area contributed by atoms with Crippen molar-refractivity contribution in [3.05, 3.63) is 77.7 Å². The van der Waals surface area contributed by atoms with Gasteiger partial charge in [-0.15, -0.1) is 0 Å². The highest BCUT2D eigenvalue weighted by atomic mass is 19.1. The van der Waals surface area contributed by atoms with Crippen molar-refractivity contribution in [3.8, 4) is 11.3 Å². The zero-order valence-electron chi connectivity index (χ0n) is 14.5. The molecule has 0 amide bonds. The van der Waals surface area contributed by atoms with E-state index in [0.717, 1.165) is 28.9 Å². The van der Waals surface area contributed by atoms with Gasteiger partial charge in [-0.05, 0) is 37.4 Å². The molecule has 0 radical (unpaired) electrons. The van der Waals surface area contributed by atoms with Gasteiger partial charge in [0.1, 0.15) is 5.82 Å². The fourth-order valence-electron chi connectivity index (χ4n) is 2.93. The Balaban J connectivity index is 1.66. The van der Waals surface area contributed by atoms with Gasteiger partial charge in [0.2, 0.25) is 0 Å². The van der Waals surface area contributed by atoms with Crippen LogP contribution in [0.15, 0.2) is 60.8 Å². The Labute approximate surface area is 147 Å². The van der Waals surface area contributed by atoms with E-state index >= 15 is 0 Å². The normalized spacial score (nSPS) is 12.5. The molecule has 1 heterocycles. The molecular weight excluding hydrogens is 315 g/mol. The molecular formula is C20H23FN4. The molecule has 0 fully saturated rings. The van der Waals surface area contributed by atoms with Crippen LogP contribution in [-0.2, 0) is 6.54 Å². The van der Waals surface area contributed by atoms with E-state index in [1.165, 1.54) is 12.1 Å². The lowest BCUT2D eigenvalue weighted by atomic mass is 10.1. The first kappa shape index (κ1) is 17.3. The van der Waals surface area contributed by atoms with Gasteiger partial charge >= 0.3 is 0 Å². The van der Waals surface area contributed by atoms with E-state index < -0.39 is 0 Å². The summed E-state index contributed by atoms with van der Waals surface area (Å²) in [5.41, 5.74) is 4.38. The Morgan fingerprint density at radius 1 is 1.08 bits per heavy atom. The number of hydrogen-bond donors (Lipinski definition) is 2. The van der Waals surface area contributed by atoms with Crippen LogP contribution < -0.4 is 5.32 Å². The van der Waals surface area contributed by atoms with Crippen molar-refractivity contribution in [1.82, 2.24) is 20.4 Å². The van der Waals surface area contributed by atoms with Crippen molar-refractivity contribution < 1.29 is 4.39 Å². The number of H-pyrrole nitrogens is 1. The fourth-order valence-corrected chi connectivity index (χ4v) is 2.93. The number of rotatable bonds is 7. The Morgan fingerprint density at radius 3 is 2.48 bits per heavy atom. The maximum absolute atomic E-state index is 13.2. The van der Waals surface area contributed by atoms with Crippen molar-refractivity contribution in [2.45, 2.75) is 12.6 Å². The lowest BCUT2D eigenvalue weighted by Crippen LogP contribution is -2.30. The van der Waals surface area contributed by atoms with E-state index in [1.54, 1.807) is 0 Å². The van der Waals surface area contributed by atoms with E-state index in [1.807, 2.05) is 50.6 Å². The van der Waals surface area contributed by atoms with E-state index in [-0.39, 0.29) is 11.9 Å². The van der Waals surface area contributed by atoms with Crippen molar-refractivity contribution in [1.29, 1.82) is 0 Å². The summed E-state index contributed by atoms with van der Waals surface area (Å²) >= 11 is 0. The van der Waals surface area contributed by atoms with Crippen molar-refractivity contribution in [3.63, 3.8) is 0 Å². The van der Waals surface area contributed by atoms with Crippen LogP contribution in [0.5, 0.6) is 0 Å². The van der Waals surface area contributed by atoms with Gasteiger partial charge in [0.25, 0.3) is 0 Å². The second-order valence-electron chi connectivity index (χ2n) is 6.30. The summed E-state index contributed by atoms with van der Waals surface area (Å²) in [5, 5.41) is 10.8. The molecule has 3 aromatic rings. The smallest absolute Gasteiger partial charge is 0.123 e. The number of benzene rings is 2. The van der Waals surface area contributed by atoms with E-state index in [9.17, 15) is 4.39 Å². The molecule has 2 N–H and O–H groups in total. The Bertz CT molecular complexity index is 781. The summed E-state index contributed by atoms with van der Waals surface area (Å²) in [6.07, 6.45) is 1.86. The average molecular weight is 338 g/mol. The molecule has 3 rings (SSSR count). The average Bonchev–Trinajstić information content (AvgIpc) is 3.09. The molecule has 0 saturated carbocycles. The molecule has 0 aliphatic carbocycles. The van der Waals surface area contributed by atoms with Gasteiger partial charge in [-0.2, -0.15) is 5.10 Å². The Morgan fingerprint density at radius 2 is 1.80 bits per heavy atom. The first-order valence-corrected chi connectivity index (χ1v) is 8.35. The van der Waals surface area contributed by atoms with Crippen LogP contribution in [0.1, 0.15) is 17.2 Å². The number of nitrogens with one attached hydrogen (secondary N) is 2. The number of hydrogen-bond acceptors (Lipinski definition) is 3. The number of halogens is 1. The molecule has 25 heavy (non-hydrogen) atoms. The third-order valence-electron chi connectivity index (χ3n) is 4.31. The first-order valence-electron chi connectivity index (χ1n) is 8.35. The van der Waals surface area contributed by atoms with Crippen molar-refractivity contribution in [2.75, 3.05) is 20.6 Å². The van der Waals surface area contributed by atoms with E-state index in [2.05, 4.69) is 32.5 Å². The van der Waals surface area contributed by atoms with E-state index in [4.69, 9.17) is 0 Å². The molecule has 0 saturated heterocycles. The maximum atomic E-state index is 13.2. The van der Waals surface area contributed by atoms with Crippen LogP contribution in [0, 0.1) is 5.82 Å². The zero-order chi connectivity index (χ0) is 17.6. The largest absolute Gasteiger partial charge is 0.311 e. The number of aromatic amines is 1. The van der Waals surface area contributed by atoms with Crippen LogP contribution in [0.2, 0.25) is 0 Å². The molecule has 2 aromatic carbocycles. The number of likely N-dealkylation sites (N-methyl/N-ethyl adjacent to an activating group) is 1. The molecule has 130 valence electrons. The van der Waals surface area contributed by atoms with Gasteiger partial charge in [0, 0.05) is 24.7 Å². The fraction of sp³-hybridized carbons (Fsp3) is 0.250. The number of nitrogens with zero attached hydrogens (tertiary/aromatic N) is 2. The van der Waals surface area contributed by atoms with Crippen LogP contribution in [0.25, 0.3) is 11.3 Å². The minimum Gasteiger partial charge on any atom is -0.311 e. The van der Waals surface area contributed by atoms with Crippen LogP contribution >= 0.6 is 0 Å². The third kappa shape index (κ3) is 4.32. The lowest BCUT2D eigenvalue weighted by molar-refractivity contribution is 0.288. The summed E-state index contributed by atoms with van der Waals surface area (Å²) in [4.78, 5) is 2.13. The Kier molecular flexibility index (Phi) is 5.58. The molecule has 0 aliphatic heterocycles. The molecule has 0 bridgehead atoms. The van der Waals surface area contributed by atoms with Crippen LogP contribution in [0.3, 0.4) is 0 Å². The van der Waals surface area contributed by atoms with Crippen molar-refractivity contribution >= 4 is 0 Å². The molecule has 1 aromatic heterocycles. The van der Waals surface area contributed by atoms with Gasteiger partial charge in [-0.1, -0.05) is 42.5 Å². The monoisotopic (exact) mass is 338 g/mol. The highest BCUT2D eigenvalue weighted by Gasteiger charge is 2.14. The molecule has 4 nitrogen and oxygen atoms in total. The van der Waals surface area contributed by atoms with Crippen molar-refractivity contribution in [2.24, 2.45) is 0 Å². The predicted molar refractivity (Wildman–Crippen MR) is 98.6 cm³/mol. The summed E-state index contributed by atoms with van der Waals surface area (Å²) in [5.74, 6) is -0.208. The van der Waals surface area contributed by atoms with Gasteiger partial charge in [-0.25, -0.2) is 4.39 Å². The molecule has 0 spiro atoms. The molecule has 0 aliphatic rings. The second kappa shape index (κ2) is 8.05. The lowest BCUT2D eigenvalue weighted by Gasteiger charge is -2.25. The summed E-state index contributed by atoms with van der Waals surface area (Å²) in [6.45, 7) is 1.48. The standard InChI is InChI=1S/C20H23FN4/c1-25(2)19(15-8-10-18(21)11-9-15)14-22-12-17-13-23-24-20(17)16-6-4-3-5-7-16/h3-11,13,19,22H,12,14H2,1-2H3,(H,23,24). The molecule has 1 atom stereocenters. The summed E-state index contributed by atoms with van der Waals surface area (Å²) in [7, 11) is 4.06. The summed E-state index contributed by atoms with van der Waals surface area (Å²) < 4.78 is 13.2. The summed E-state index contributed by atoms with van der Waals surface area (Å²) in [6, 6.07) is 17.0. The minimum absolute atomic E-state index is 0.174. The quantitative estimate of drug-likeness (QED) is 0.692. The van der Waals surface area contributed by atoms with E-state index in [0.29, 0.717) is 6.54 Å². The SMILES string of the molecule is CN(C)C(CNCc1cn[nH]c1-c1ccccc1)c1ccc(F)cc1. The van der Waals surface area contributed by atoms with Gasteiger partial charge in [-0.3, -0.25) is 5.10 Å². The number of aromatic nitrogens is 2. The first-order chi connectivity index (χ1) is 12.1. The Hall–Kier alpha value is -2.50. The van der Waals surface area contributed by atoms with Crippen LogP contribution in [-0.4, -0.2) is 35.7 Å². The highest BCUT2D eigenvalue weighted by molar-refractivity contribution is 5.62. The predicted octanol–water partition coefficient (Wildman–Crippen LogP) is 3.61.